The molecule has 4 nitrogen and oxygen atoms in total. The third kappa shape index (κ3) is 7.20. The van der Waals surface area contributed by atoms with Crippen molar-refractivity contribution < 1.29 is 0 Å². The van der Waals surface area contributed by atoms with E-state index in [9.17, 15) is 0 Å². The summed E-state index contributed by atoms with van der Waals surface area (Å²) in [5, 5.41) is 13.0. The predicted molar refractivity (Wildman–Crippen MR) is 303 cm³/mol. The average molecular weight is 917 g/mol. The normalized spacial score (nSPS) is 12.3. The van der Waals surface area contributed by atoms with Crippen LogP contribution >= 0.6 is 0 Å². The van der Waals surface area contributed by atoms with Crippen molar-refractivity contribution in [1.82, 2.24) is 9.97 Å². The van der Waals surface area contributed by atoms with Crippen molar-refractivity contribution in [2.45, 2.75) is 0 Å². The van der Waals surface area contributed by atoms with Gasteiger partial charge in [0.2, 0.25) is 0 Å². The monoisotopic (exact) mass is 916 g/mol. The van der Waals surface area contributed by atoms with E-state index in [-0.39, 0.29) is 0 Å². The Morgan fingerprint density at radius 1 is 0.292 bits per heavy atom. The number of aliphatic imine (C=N–C) groups is 1. The molecule has 4 heteroatoms. The number of rotatable bonds is 7. The van der Waals surface area contributed by atoms with E-state index in [0.29, 0.717) is 6.54 Å². The van der Waals surface area contributed by atoms with E-state index in [2.05, 4.69) is 248 Å². The molecule has 0 fully saturated rings. The molecule has 1 aliphatic heterocycles. The van der Waals surface area contributed by atoms with Crippen LogP contribution in [0, 0.1) is 0 Å². The average Bonchev–Trinajstić information content (AvgIpc) is 3.47. The third-order valence-corrected chi connectivity index (χ3v) is 14.5. The molecule has 12 aromatic carbocycles. The van der Waals surface area contributed by atoms with Crippen LogP contribution in [0.1, 0.15) is 5.56 Å². The number of fused-ring (bicyclic) bond motifs is 12. The molecule has 0 spiro atoms. The highest BCUT2D eigenvalue weighted by Crippen LogP contribution is 2.46. The molecule has 0 saturated carbocycles. The molecule has 14 rings (SSSR count). The van der Waals surface area contributed by atoms with E-state index in [1.54, 1.807) is 0 Å². The van der Waals surface area contributed by atoms with Crippen LogP contribution in [0.15, 0.2) is 254 Å². The van der Waals surface area contributed by atoms with Gasteiger partial charge in [-0.15, -0.1) is 0 Å². The summed E-state index contributed by atoms with van der Waals surface area (Å²) in [7, 11) is 0. The van der Waals surface area contributed by atoms with E-state index in [1.165, 1.54) is 60.7 Å². The Balaban J connectivity index is 0.854. The van der Waals surface area contributed by atoms with Gasteiger partial charge in [0.1, 0.15) is 0 Å². The Labute approximate surface area is 417 Å². The van der Waals surface area contributed by atoms with Gasteiger partial charge >= 0.3 is 0 Å². The molecule has 72 heavy (non-hydrogen) atoms. The van der Waals surface area contributed by atoms with Crippen molar-refractivity contribution in [2.75, 3.05) is 11.9 Å². The molecular formula is C68H44N4. The fourth-order valence-corrected chi connectivity index (χ4v) is 10.9. The molecule has 0 atom stereocenters. The van der Waals surface area contributed by atoms with Crippen LogP contribution < -0.4 is 5.32 Å². The first-order valence-electron chi connectivity index (χ1n) is 24.6. The van der Waals surface area contributed by atoms with Crippen LogP contribution in [0.5, 0.6) is 0 Å². The summed E-state index contributed by atoms with van der Waals surface area (Å²) < 4.78 is 0. The largest absolute Gasteiger partial charge is 0.377 e. The van der Waals surface area contributed by atoms with E-state index in [0.717, 1.165) is 83.0 Å². The van der Waals surface area contributed by atoms with Gasteiger partial charge in [-0.2, -0.15) is 0 Å². The van der Waals surface area contributed by atoms with Gasteiger partial charge < -0.3 is 5.32 Å². The first kappa shape index (κ1) is 41.5. The van der Waals surface area contributed by atoms with Crippen LogP contribution in [0.2, 0.25) is 0 Å². The number of anilines is 1. The van der Waals surface area contributed by atoms with Gasteiger partial charge in [-0.1, -0.05) is 206 Å². The maximum absolute atomic E-state index is 5.53. The second-order valence-electron chi connectivity index (χ2n) is 18.8. The molecule has 0 bridgehead atoms. The van der Waals surface area contributed by atoms with Crippen LogP contribution in [0.3, 0.4) is 0 Å². The van der Waals surface area contributed by atoms with Crippen LogP contribution in [-0.2, 0) is 0 Å². The molecule has 1 aromatic heterocycles. The molecule has 0 saturated heterocycles. The lowest BCUT2D eigenvalue weighted by Crippen LogP contribution is -2.19. The Bertz CT molecular complexity index is 4300. The summed E-state index contributed by atoms with van der Waals surface area (Å²) >= 11 is 0. The van der Waals surface area contributed by atoms with Crippen molar-refractivity contribution in [2.24, 2.45) is 4.99 Å². The highest BCUT2D eigenvalue weighted by atomic mass is 15.0. The molecular weight excluding hydrogens is 873 g/mol. The maximum Gasteiger partial charge on any atom is 0.0979 e. The quantitative estimate of drug-likeness (QED) is 0.162. The van der Waals surface area contributed by atoms with Gasteiger partial charge in [-0.25, -0.2) is 9.98 Å². The van der Waals surface area contributed by atoms with E-state index >= 15 is 0 Å². The number of aromatic nitrogens is 2. The fourth-order valence-electron chi connectivity index (χ4n) is 10.9. The molecule has 13 aromatic rings. The SMILES string of the molecule is c1ccc(-c2ccc3c4c(c5ccc(-c6ccccc6)cc5c3c2)NCC(c2cccc(-c3cccc(-c5cnc6c7ccc(-c8ccccc8)cc7c7cc(-c8ccccc8)ccc7c6n5)c3)c2)=N4)cc1. The molecule has 1 aliphatic rings. The van der Waals surface area contributed by atoms with Gasteiger partial charge in [0.05, 0.1) is 46.6 Å². The number of hydrogen-bond acceptors (Lipinski definition) is 4. The van der Waals surface area contributed by atoms with E-state index in [1.807, 2.05) is 6.20 Å². The van der Waals surface area contributed by atoms with Crippen molar-refractivity contribution in [3.05, 3.63) is 254 Å². The third-order valence-electron chi connectivity index (χ3n) is 14.5. The first-order valence-corrected chi connectivity index (χ1v) is 24.6. The summed E-state index contributed by atoms with van der Waals surface area (Å²) in [6, 6.07) is 87.1. The number of nitrogens with zero attached hydrogens (tertiary/aromatic N) is 3. The standard InChI is InChI=1S/C68H44N4/c1-5-15-43(16-6-1)49-27-31-55-59(37-49)61-39-51(45-19-9-3-10-20-45)29-33-57(61)67-65(55)69-41-63(71-67)53-25-13-23-47(35-53)48-24-14-26-54(36-48)64-42-70-66-56-32-28-50(44-17-7-2-8-18-44)38-60(56)62-40-52(46-21-11-4-12-22-46)30-34-58(62)68(66)72-64/h1-41,70H,42H2. The van der Waals surface area contributed by atoms with Crippen LogP contribution in [0.4, 0.5) is 11.4 Å². The molecule has 0 amide bonds. The zero-order chi connectivity index (χ0) is 47.5. The first-order chi connectivity index (χ1) is 35.7. The molecule has 0 unspecified atom stereocenters. The van der Waals surface area contributed by atoms with Crippen molar-refractivity contribution in [1.29, 1.82) is 0 Å². The van der Waals surface area contributed by atoms with Crippen molar-refractivity contribution in [3.63, 3.8) is 0 Å². The van der Waals surface area contributed by atoms with E-state index < -0.39 is 0 Å². The summed E-state index contributed by atoms with van der Waals surface area (Å²) in [4.78, 5) is 16.2. The van der Waals surface area contributed by atoms with Gasteiger partial charge in [-0.3, -0.25) is 4.98 Å². The van der Waals surface area contributed by atoms with E-state index in [4.69, 9.17) is 15.0 Å². The number of nitrogens with one attached hydrogen (secondary N) is 1. The lowest BCUT2D eigenvalue weighted by atomic mass is 9.91. The molecule has 0 radical (unpaired) electrons. The van der Waals surface area contributed by atoms with Crippen molar-refractivity contribution in [3.8, 4) is 66.9 Å². The minimum absolute atomic E-state index is 0.607. The lowest BCUT2D eigenvalue weighted by molar-refractivity contribution is 1.31. The minimum atomic E-state index is 0.607. The number of benzene rings is 12. The topological polar surface area (TPSA) is 50.2 Å². The highest BCUT2D eigenvalue weighted by molar-refractivity contribution is 6.25. The highest BCUT2D eigenvalue weighted by Gasteiger charge is 2.22. The maximum atomic E-state index is 5.53. The Morgan fingerprint density at radius 2 is 0.681 bits per heavy atom. The predicted octanol–water partition coefficient (Wildman–Crippen LogP) is 17.8. The second kappa shape index (κ2) is 17.2. The molecule has 336 valence electrons. The zero-order valence-electron chi connectivity index (χ0n) is 39.2. The summed E-state index contributed by atoms with van der Waals surface area (Å²) in [6.45, 7) is 0.607. The number of hydrogen-bond donors (Lipinski definition) is 1. The second-order valence-corrected chi connectivity index (χ2v) is 18.8. The fraction of sp³-hybridized carbons (Fsp3) is 0.0147. The van der Waals surface area contributed by atoms with Crippen molar-refractivity contribution >= 4 is 71.2 Å². The zero-order valence-corrected chi connectivity index (χ0v) is 39.2. The summed E-state index contributed by atoms with van der Waals surface area (Å²) in [6.07, 6.45) is 1.94. The molecule has 0 aliphatic carbocycles. The minimum Gasteiger partial charge on any atom is -0.377 e. The Kier molecular flexibility index (Phi) is 9.88. The Morgan fingerprint density at radius 3 is 1.21 bits per heavy atom. The van der Waals surface area contributed by atoms with Gasteiger partial charge in [0.15, 0.2) is 0 Å². The summed E-state index contributed by atoms with van der Waals surface area (Å²) in [5.41, 5.74) is 19.5. The van der Waals surface area contributed by atoms with Gasteiger partial charge in [0, 0.05) is 27.1 Å². The van der Waals surface area contributed by atoms with Crippen LogP contribution in [0.25, 0.3) is 121 Å². The van der Waals surface area contributed by atoms with Gasteiger partial charge in [0.25, 0.3) is 0 Å². The Hall–Kier alpha value is -9.51. The smallest absolute Gasteiger partial charge is 0.0979 e. The van der Waals surface area contributed by atoms with Gasteiger partial charge in [-0.05, 0) is 119 Å². The lowest BCUT2D eigenvalue weighted by Gasteiger charge is -2.23. The molecule has 1 N–H and O–H groups in total. The van der Waals surface area contributed by atoms with Crippen LogP contribution in [-0.4, -0.2) is 22.2 Å². The summed E-state index contributed by atoms with van der Waals surface area (Å²) in [5.74, 6) is 0. The molecule has 2 heterocycles.